The molecule has 0 bridgehead atoms. The summed E-state index contributed by atoms with van der Waals surface area (Å²) in [5.41, 5.74) is 9.91. The molecule has 8 heteroatoms. The molecule has 4 aromatic rings. The molecule has 38 heavy (non-hydrogen) atoms. The number of carbonyl (C=O) groups is 1. The second-order valence-corrected chi connectivity index (χ2v) is 10.0. The maximum atomic E-state index is 13.4. The lowest BCUT2D eigenvalue weighted by atomic mass is 9.86. The number of nitrogens with two attached hydrogens (primary N) is 1. The molecule has 0 fully saturated rings. The van der Waals surface area contributed by atoms with Gasteiger partial charge in [-0.3, -0.25) is 0 Å². The highest BCUT2D eigenvalue weighted by molar-refractivity contribution is 6.12. The van der Waals surface area contributed by atoms with Crippen molar-refractivity contribution in [3.05, 3.63) is 97.8 Å². The van der Waals surface area contributed by atoms with Crippen LogP contribution in [0.4, 0.5) is 6.01 Å². The number of hydrogen-bond donors (Lipinski definition) is 1. The van der Waals surface area contributed by atoms with Crippen LogP contribution in [0.25, 0.3) is 17.5 Å². The number of esters is 1. The summed E-state index contributed by atoms with van der Waals surface area (Å²) in [4.78, 5) is 31.0. The average molecular weight is 514 g/mol. The van der Waals surface area contributed by atoms with E-state index in [0.29, 0.717) is 17.5 Å². The number of carbonyl (C=O) groups excluding carboxylic acids is 1. The molecule has 5 rings (SSSR count). The molecule has 8 nitrogen and oxygen atoms in total. The van der Waals surface area contributed by atoms with Gasteiger partial charge in [0, 0.05) is 0 Å². The average Bonchev–Trinajstić information content (AvgIpc) is 3.42. The minimum Gasteiger partial charge on any atom is -0.462 e. The number of anilines is 1. The summed E-state index contributed by atoms with van der Waals surface area (Å²) >= 11 is 0. The van der Waals surface area contributed by atoms with Gasteiger partial charge in [-0.15, -0.1) is 0 Å². The van der Waals surface area contributed by atoms with Crippen molar-refractivity contribution in [3.8, 4) is 5.88 Å². The Kier molecular flexibility index (Phi) is 6.57. The van der Waals surface area contributed by atoms with Gasteiger partial charge >= 0.3 is 11.6 Å². The lowest BCUT2D eigenvalue weighted by molar-refractivity contribution is -0.136. The molecule has 1 aliphatic rings. The van der Waals surface area contributed by atoms with Gasteiger partial charge in [-0.1, -0.05) is 76.2 Å². The fourth-order valence-electron chi connectivity index (χ4n) is 4.78. The second kappa shape index (κ2) is 9.85. The summed E-state index contributed by atoms with van der Waals surface area (Å²) in [5, 5.41) is 0.185. The second-order valence-electron chi connectivity index (χ2n) is 10.0. The van der Waals surface area contributed by atoms with Crippen LogP contribution < -0.4 is 22.3 Å². The normalized spacial score (nSPS) is 15.2. The summed E-state index contributed by atoms with van der Waals surface area (Å²) in [5.74, 6) is -0.351. The summed E-state index contributed by atoms with van der Waals surface area (Å²) in [7, 11) is 0. The number of hydrogen-bond acceptors (Lipinski definition) is 7. The lowest BCUT2D eigenvalue weighted by Crippen LogP contribution is -2.37. The van der Waals surface area contributed by atoms with Crippen LogP contribution in [0.2, 0.25) is 0 Å². The molecule has 0 radical (unpaired) electrons. The third-order valence-electron chi connectivity index (χ3n) is 6.83. The van der Waals surface area contributed by atoms with E-state index in [1.54, 1.807) is 13.0 Å². The summed E-state index contributed by atoms with van der Waals surface area (Å²) < 4.78 is 18.5. The Hall–Kier alpha value is -4.33. The molecule has 3 heterocycles. The molecule has 0 saturated heterocycles. The Balaban J connectivity index is 1.81. The predicted molar refractivity (Wildman–Crippen MR) is 145 cm³/mol. The molecule has 2 aromatic carbocycles. The van der Waals surface area contributed by atoms with Crippen molar-refractivity contribution < 1.29 is 18.4 Å². The van der Waals surface area contributed by atoms with E-state index in [-0.39, 0.29) is 35.0 Å². The van der Waals surface area contributed by atoms with Gasteiger partial charge in [0.15, 0.2) is 0 Å². The fraction of sp³-hybridized carbons (Fsp3) is 0.300. The molecule has 0 saturated carbocycles. The number of nitrogen functional groups attached to an aromatic ring is 1. The van der Waals surface area contributed by atoms with Gasteiger partial charge in [0.25, 0.3) is 6.01 Å². The van der Waals surface area contributed by atoms with Gasteiger partial charge in [0.1, 0.15) is 16.6 Å². The van der Waals surface area contributed by atoms with E-state index in [4.69, 9.17) is 19.3 Å². The van der Waals surface area contributed by atoms with Gasteiger partial charge < -0.3 is 19.3 Å². The van der Waals surface area contributed by atoms with Crippen LogP contribution >= 0.6 is 0 Å². The molecule has 0 amide bonds. The highest BCUT2D eigenvalue weighted by Crippen LogP contribution is 2.39. The first-order valence-corrected chi connectivity index (χ1v) is 12.8. The van der Waals surface area contributed by atoms with E-state index >= 15 is 0 Å². The number of fused-ring (bicyclic) bond motifs is 3. The highest BCUT2D eigenvalue weighted by atomic mass is 16.5. The van der Waals surface area contributed by atoms with Gasteiger partial charge in [-0.2, -0.15) is 4.98 Å². The van der Waals surface area contributed by atoms with Gasteiger partial charge in [0.2, 0.25) is 11.4 Å². The molecule has 1 atom stereocenters. The van der Waals surface area contributed by atoms with Crippen LogP contribution in [-0.4, -0.2) is 22.1 Å². The number of aromatic nitrogens is 2. The zero-order valence-corrected chi connectivity index (χ0v) is 22.1. The summed E-state index contributed by atoms with van der Waals surface area (Å²) in [6.07, 6.45) is 1.70. The molecular weight excluding hydrogens is 482 g/mol. The number of ether oxygens (including phenoxy) is 1. The molecule has 0 unspecified atom stereocenters. The van der Waals surface area contributed by atoms with E-state index in [9.17, 15) is 9.59 Å². The SMILES string of the molecule is CCOC(=O)C1=c2oc(=O)/c(=C\c3ccc(C(C)C)cc3)n2-c2oc(N)nc2[C@@H]1c1ccc(C(C)C)cc1. The van der Waals surface area contributed by atoms with Crippen molar-refractivity contribution in [2.45, 2.75) is 52.4 Å². The highest BCUT2D eigenvalue weighted by Gasteiger charge is 2.39. The quantitative estimate of drug-likeness (QED) is 0.389. The van der Waals surface area contributed by atoms with Gasteiger partial charge in [-0.25, -0.2) is 14.2 Å². The zero-order chi connectivity index (χ0) is 27.1. The predicted octanol–water partition coefficient (Wildman–Crippen LogP) is 3.94. The standard InChI is InChI=1S/C30H31N3O5/c1-6-36-29(35)24-23(21-13-11-20(12-14-21)17(4)5)25-27(38-30(31)32-25)33-22(28(34)37-26(24)33)15-18-7-9-19(10-8-18)16(2)3/h7-17,23H,6H2,1-5H3,(H2,31,32)/b22-15+/t23-/m1/s1. The first-order chi connectivity index (χ1) is 18.2. The zero-order valence-electron chi connectivity index (χ0n) is 22.1. The number of benzene rings is 2. The third-order valence-corrected chi connectivity index (χ3v) is 6.83. The number of oxazole rings is 2. The Morgan fingerprint density at radius 2 is 1.63 bits per heavy atom. The number of nitrogens with zero attached hydrogens (tertiary/aromatic N) is 2. The molecular formula is C30H31N3O5. The van der Waals surface area contributed by atoms with E-state index < -0.39 is 17.5 Å². The first-order valence-electron chi connectivity index (χ1n) is 12.8. The van der Waals surface area contributed by atoms with Crippen LogP contribution in [0, 0.1) is 0 Å². The molecule has 1 aliphatic heterocycles. The first kappa shape index (κ1) is 25.3. The van der Waals surface area contributed by atoms with Gasteiger partial charge in [0.05, 0.1) is 12.5 Å². The van der Waals surface area contributed by atoms with Crippen molar-refractivity contribution in [2.24, 2.45) is 0 Å². The van der Waals surface area contributed by atoms with Crippen molar-refractivity contribution in [3.63, 3.8) is 0 Å². The molecule has 196 valence electrons. The van der Waals surface area contributed by atoms with Gasteiger partial charge in [-0.05, 0) is 47.1 Å². The number of rotatable bonds is 6. The van der Waals surface area contributed by atoms with E-state index in [2.05, 4.69) is 32.7 Å². The van der Waals surface area contributed by atoms with Crippen LogP contribution in [-0.2, 0) is 9.53 Å². The summed E-state index contributed by atoms with van der Waals surface area (Å²) in [6, 6.07) is 15.7. The Morgan fingerprint density at radius 1 is 1.03 bits per heavy atom. The Morgan fingerprint density at radius 3 is 2.21 bits per heavy atom. The van der Waals surface area contributed by atoms with Crippen molar-refractivity contribution in [1.29, 1.82) is 0 Å². The Labute approximate surface area is 220 Å². The molecule has 0 aliphatic carbocycles. The molecule has 2 N–H and O–H groups in total. The topological polar surface area (TPSA) is 113 Å². The van der Waals surface area contributed by atoms with Crippen LogP contribution in [0.3, 0.4) is 0 Å². The van der Waals surface area contributed by atoms with Crippen LogP contribution in [0.5, 0.6) is 0 Å². The molecule has 2 aromatic heterocycles. The minimum absolute atomic E-state index is 0.0417. The van der Waals surface area contributed by atoms with Crippen molar-refractivity contribution in [1.82, 2.24) is 9.55 Å². The fourth-order valence-corrected chi connectivity index (χ4v) is 4.78. The van der Waals surface area contributed by atoms with Crippen molar-refractivity contribution in [2.75, 3.05) is 12.3 Å². The Bertz CT molecular complexity index is 1670. The maximum Gasteiger partial charge on any atom is 0.362 e. The monoisotopic (exact) mass is 513 g/mol. The smallest absolute Gasteiger partial charge is 0.362 e. The van der Waals surface area contributed by atoms with E-state index in [1.165, 1.54) is 10.1 Å². The minimum atomic E-state index is -0.699. The molecule has 0 spiro atoms. The lowest BCUT2D eigenvalue weighted by Gasteiger charge is -2.22. The summed E-state index contributed by atoms with van der Waals surface area (Å²) in [6.45, 7) is 10.3. The van der Waals surface area contributed by atoms with Crippen LogP contribution in [0.15, 0.2) is 62.2 Å². The van der Waals surface area contributed by atoms with E-state index in [0.717, 1.165) is 16.7 Å². The van der Waals surface area contributed by atoms with Crippen molar-refractivity contribution >= 4 is 23.6 Å². The van der Waals surface area contributed by atoms with Crippen LogP contribution in [0.1, 0.15) is 80.3 Å². The van der Waals surface area contributed by atoms with E-state index in [1.807, 2.05) is 48.5 Å². The third kappa shape index (κ3) is 4.36. The maximum absolute atomic E-state index is 13.4. The largest absolute Gasteiger partial charge is 0.462 e.